The minimum atomic E-state index is -0.633. The minimum Gasteiger partial charge on any atom is -0.385 e. The van der Waals surface area contributed by atoms with Crippen molar-refractivity contribution in [3.63, 3.8) is 0 Å². The molecule has 0 unspecified atom stereocenters. The number of primary amides is 1. The number of methoxy groups -OCH3 is 1. The molecule has 1 aromatic carbocycles. The van der Waals surface area contributed by atoms with Gasteiger partial charge in [0.1, 0.15) is 11.8 Å². The Morgan fingerprint density at radius 1 is 1.35 bits per heavy atom. The SMILES string of the molecule is COCCCCNC(=O)C1=NN(c2ccccc2)[C@@H](C(N)=O)C1. The summed E-state index contributed by atoms with van der Waals surface area (Å²) in [6.45, 7) is 1.22. The number of ether oxygens (including phenoxy) is 1. The molecular weight excluding hydrogens is 296 g/mol. The zero-order valence-electron chi connectivity index (χ0n) is 13.2. The molecule has 1 aromatic rings. The van der Waals surface area contributed by atoms with E-state index in [0.29, 0.717) is 18.9 Å². The maximum absolute atomic E-state index is 12.2. The summed E-state index contributed by atoms with van der Waals surface area (Å²) in [5.41, 5.74) is 6.50. The van der Waals surface area contributed by atoms with E-state index >= 15 is 0 Å². The first-order valence-corrected chi connectivity index (χ1v) is 7.61. The number of unbranched alkanes of at least 4 members (excludes halogenated alkanes) is 1. The molecule has 124 valence electrons. The molecule has 1 atom stereocenters. The van der Waals surface area contributed by atoms with E-state index in [0.717, 1.165) is 18.5 Å². The van der Waals surface area contributed by atoms with Crippen molar-refractivity contribution in [2.45, 2.75) is 25.3 Å². The lowest BCUT2D eigenvalue weighted by molar-refractivity contribution is -0.119. The number of carbonyl (C=O) groups is 2. The average Bonchev–Trinajstić information content (AvgIpc) is 3.01. The molecule has 0 spiro atoms. The van der Waals surface area contributed by atoms with Gasteiger partial charge in [-0.15, -0.1) is 0 Å². The minimum absolute atomic E-state index is 0.216. The molecule has 7 heteroatoms. The van der Waals surface area contributed by atoms with Crippen LogP contribution in [0.3, 0.4) is 0 Å². The van der Waals surface area contributed by atoms with Crippen LogP contribution in [0.4, 0.5) is 5.69 Å². The van der Waals surface area contributed by atoms with E-state index in [1.54, 1.807) is 7.11 Å². The standard InChI is InChI=1S/C16H22N4O3/c1-23-10-6-5-9-18-16(22)13-11-14(15(17)21)20(19-13)12-7-3-2-4-8-12/h2-4,7-8,14H,5-6,9-11H2,1H3,(H2,17,21)(H,18,22)/t14-/m1/s1. The molecule has 1 heterocycles. The fourth-order valence-electron chi connectivity index (χ4n) is 2.36. The van der Waals surface area contributed by atoms with Crippen LogP contribution in [0.25, 0.3) is 0 Å². The molecule has 7 nitrogen and oxygen atoms in total. The number of para-hydroxylation sites is 1. The maximum atomic E-state index is 12.2. The molecule has 0 bridgehead atoms. The van der Waals surface area contributed by atoms with Crippen molar-refractivity contribution >= 4 is 23.2 Å². The Balaban J connectivity index is 1.99. The maximum Gasteiger partial charge on any atom is 0.267 e. The first-order chi connectivity index (χ1) is 11.1. The Bertz CT molecular complexity index is 574. The van der Waals surface area contributed by atoms with Crippen LogP contribution in [-0.2, 0) is 14.3 Å². The number of anilines is 1. The molecule has 0 saturated heterocycles. The van der Waals surface area contributed by atoms with Gasteiger partial charge in [0.2, 0.25) is 5.91 Å². The summed E-state index contributed by atoms with van der Waals surface area (Å²) in [6, 6.07) is 8.58. The van der Waals surface area contributed by atoms with Gasteiger partial charge < -0.3 is 15.8 Å². The number of nitrogens with two attached hydrogens (primary N) is 1. The molecule has 0 fully saturated rings. The van der Waals surface area contributed by atoms with E-state index in [-0.39, 0.29) is 12.3 Å². The van der Waals surface area contributed by atoms with Crippen LogP contribution in [-0.4, -0.2) is 43.8 Å². The molecule has 1 aliphatic heterocycles. The van der Waals surface area contributed by atoms with Gasteiger partial charge in [-0.1, -0.05) is 18.2 Å². The van der Waals surface area contributed by atoms with Gasteiger partial charge in [0, 0.05) is 26.7 Å². The lowest BCUT2D eigenvalue weighted by atomic mass is 10.1. The van der Waals surface area contributed by atoms with Crippen molar-refractivity contribution in [2.24, 2.45) is 10.8 Å². The molecular formula is C16H22N4O3. The van der Waals surface area contributed by atoms with Gasteiger partial charge in [-0.2, -0.15) is 5.10 Å². The predicted molar refractivity (Wildman–Crippen MR) is 88.1 cm³/mol. The van der Waals surface area contributed by atoms with Crippen LogP contribution in [0.2, 0.25) is 0 Å². The number of hydrogen-bond acceptors (Lipinski definition) is 5. The molecule has 23 heavy (non-hydrogen) atoms. The Morgan fingerprint density at radius 2 is 2.09 bits per heavy atom. The van der Waals surface area contributed by atoms with Gasteiger partial charge in [0.05, 0.1) is 5.69 Å². The van der Waals surface area contributed by atoms with Crippen molar-refractivity contribution in [2.75, 3.05) is 25.3 Å². The Labute approximate surface area is 135 Å². The quantitative estimate of drug-likeness (QED) is 0.688. The number of benzene rings is 1. The van der Waals surface area contributed by atoms with Crippen LogP contribution in [0.5, 0.6) is 0 Å². The lowest BCUT2D eigenvalue weighted by Crippen LogP contribution is -2.40. The molecule has 3 N–H and O–H groups in total. The summed E-state index contributed by atoms with van der Waals surface area (Å²) in [6.07, 6.45) is 1.92. The predicted octanol–water partition coefficient (Wildman–Crippen LogP) is 0.649. The Morgan fingerprint density at radius 3 is 2.74 bits per heavy atom. The van der Waals surface area contributed by atoms with Gasteiger partial charge in [-0.3, -0.25) is 14.6 Å². The number of amides is 2. The monoisotopic (exact) mass is 318 g/mol. The molecule has 0 aliphatic carbocycles. The second-order valence-corrected chi connectivity index (χ2v) is 5.30. The van der Waals surface area contributed by atoms with Gasteiger partial charge in [0.25, 0.3) is 5.91 Å². The number of carbonyl (C=O) groups excluding carboxylic acids is 2. The van der Waals surface area contributed by atoms with Crippen molar-refractivity contribution in [1.29, 1.82) is 0 Å². The third kappa shape index (κ3) is 4.53. The third-order valence-corrected chi connectivity index (χ3v) is 3.58. The molecule has 1 aliphatic rings. The zero-order valence-corrected chi connectivity index (χ0v) is 13.2. The van der Waals surface area contributed by atoms with E-state index in [2.05, 4.69) is 10.4 Å². The first kappa shape index (κ1) is 17.0. The molecule has 0 radical (unpaired) electrons. The number of rotatable bonds is 8. The van der Waals surface area contributed by atoms with Crippen molar-refractivity contribution < 1.29 is 14.3 Å². The highest BCUT2D eigenvalue weighted by molar-refractivity contribution is 6.40. The third-order valence-electron chi connectivity index (χ3n) is 3.58. The number of hydrazone groups is 1. The molecule has 2 rings (SSSR count). The zero-order chi connectivity index (χ0) is 16.7. The van der Waals surface area contributed by atoms with Gasteiger partial charge in [-0.25, -0.2) is 0 Å². The second kappa shape index (κ2) is 8.28. The van der Waals surface area contributed by atoms with Gasteiger partial charge in [-0.05, 0) is 25.0 Å². The van der Waals surface area contributed by atoms with Crippen LogP contribution in [0.15, 0.2) is 35.4 Å². The van der Waals surface area contributed by atoms with E-state index in [1.165, 1.54) is 5.01 Å². The van der Waals surface area contributed by atoms with Crippen molar-refractivity contribution in [3.8, 4) is 0 Å². The van der Waals surface area contributed by atoms with Gasteiger partial charge >= 0.3 is 0 Å². The van der Waals surface area contributed by atoms with E-state index < -0.39 is 11.9 Å². The molecule has 2 amide bonds. The lowest BCUT2D eigenvalue weighted by Gasteiger charge is -2.20. The summed E-state index contributed by atoms with van der Waals surface area (Å²) in [7, 11) is 1.65. The highest BCUT2D eigenvalue weighted by Gasteiger charge is 2.34. The normalized spacial score (nSPS) is 17.0. The summed E-state index contributed by atoms with van der Waals surface area (Å²) < 4.78 is 4.96. The van der Waals surface area contributed by atoms with Crippen molar-refractivity contribution in [3.05, 3.63) is 30.3 Å². The van der Waals surface area contributed by atoms with Crippen LogP contribution < -0.4 is 16.1 Å². The summed E-state index contributed by atoms with van der Waals surface area (Å²) in [5.74, 6) is -0.757. The second-order valence-electron chi connectivity index (χ2n) is 5.30. The fourth-order valence-corrected chi connectivity index (χ4v) is 2.36. The first-order valence-electron chi connectivity index (χ1n) is 7.61. The summed E-state index contributed by atoms with van der Waals surface area (Å²) in [5, 5.41) is 8.62. The highest BCUT2D eigenvalue weighted by atomic mass is 16.5. The summed E-state index contributed by atoms with van der Waals surface area (Å²) in [4.78, 5) is 23.8. The van der Waals surface area contributed by atoms with E-state index in [4.69, 9.17) is 10.5 Å². The largest absolute Gasteiger partial charge is 0.385 e. The Kier molecular flexibility index (Phi) is 6.10. The number of hydrogen-bond donors (Lipinski definition) is 2. The molecule has 0 saturated carbocycles. The van der Waals surface area contributed by atoms with Crippen LogP contribution in [0.1, 0.15) is 19.3 Å². The smallest absolute Gasteiger partial charge is 0.267 e. The average molecular weight is 318 g/mol. The van der Waals surface area contributed by atoms with Crippen LogP contribution >= 0.6 is 0 Å². The van der Waals surface area contributed by atoms with E-state index in [9.17, 15) is 9.59 Å². The van der Waals surface area contributed by atoms with E-state index in [1.807, 2.05) is 30.3 Å². The number of nitrogens with one attached hydrogen (secondary N) is 1. The highest BCUT2D eigenvalue weighted by Crippen LogP contribution is 2.24. The fraction of sp³-hybridized carbons (Fsp3) is 0.438. The van der Waals surface area contributed by atoms with Crippen molar-refractivity contribution in [1.82, 2.24) is 5.32 Å². The van der Waals surface area contributed by atoms with Crippen LogP contribution in [0, 0.1) is 0 Å². The van der Waals surface area contributed by atoms with Gasteiger partial charge in [0.15, 0.2) is 0 Å². The summed E-state index contributed by atoms with van der Waals surface area (Å²) >= 11 is 0. The Hall–Kier alpha value is -2.41. The molecule has 0 aromatic heterocycles. The number of nitrogens with zero attached hydrogens (tertiary/aromatic N) is 2. The topological polar surface area (TPSA) is 97.0 Å².